The van der Waals surface area contributed by atoms with Crippen molar-refractivity contribution < 1.29 is 9.53 Å². The van der Waals surface area contributed by atoms with Crippen LogP contribution in [0.3, 0.4) is 0 Å². The number of hydrogen-bond acceptors (Lipinski definition) is 7. The van der Waals surface area contributed by atoms with Crippen molar-refractivity contribution in [3.8, 4) is 11.7 Å². The number of ether oxygens (including phenoxy) is 1. The Morgan fingerprint density at radius 1 is 0.970 bits per heavy atom. The topological polar surface area (TPSA) is 107 Å². The minimum atomic E-state index is -0.226. The van der Waals surface area contributed by atoms with E-state index >= 15 is 0 Å². The predicted octanol–water partition coefficient (Wildman–Crippen LogP) is 4.37. The number of pyridine rings is 1. The van der Waals surface area contributed by atoms with Crippen LogP contribution in [0.15, 0.2) is 73.2 Å². The fourth-order valence-corrected chi connectivity index (χ4v) is 3.67. The predicted molar refractivity (Wildman–Crippen MR) is 124 cm³/mol. The summed E-state index contributed by atoms with van der Waals surface area (Å²) in [6, 6.07) is 16.3. The fraction of sp³-hybridized carbons (Fsp3) is 0.208. The molecule has 5 rings (SSSR count). The average molecular weight is 441 g/mol. The van der Waals surface area contributed by atoms with Crippen molar-refractivity contribution in [3.05, 3.63) is 78.8 Å². The summed E-state index contributed by atoms with van der Waals surface area (Å²) >= 11 is 0. The van der Waals surface area contributed by atoms with Gasteiger partial charge in [-0.2, -0.15) is 5.10 Å². The Kier molecular flexibility index (Phi) is 5.92. The number of aromatic nitrogens is 5. The molecule has 1 fully saturated rings. The third-order valence-electron chi connectivity index (χ3n) is 5.39. The third-order valence-corrected chi connectivity index (χ3v) is 5.39. The van der Waals surface area contributed by atoms with Crippen LogP contribution in [0.4, 0.5) is 17.2 Å². The molecule has 0 bridgehead atoms. The standard InChI is InChI=1S/C24H23N7O2/c32-24(17-6-13-23(25-16-17)33-20-4-1-2-5-20)28-19-9-7-18(8-10-19)27-21-11-12-22(30-29-21)31-15-3-14-26-31/h3,6-16,20H,1-2,4-5H2,(H,27,29)(H,28,32). The van der Waals surface area contributed by atoms with E-state index in [1.54, 1.807) is 35.4 Å². The van der Waals surface area contributed by atoms with Gasteiger partial charge in [-0.25, -0.2) is 9.67 Å². The Morgan fingerprint density at radius 2 is 1.79 bits per heavy atom. The minimum Gasteiger partial charge on any atom is -0.474 e. The van der Waals surface area contributed by atoms with Crippen LogP contribution >= 0.6 is 0 Å². The van der Waals surface area contributed by atoms with E-state index in [9.17, 15) is 4.79 Å². The summed E-state index contributed by atoms with van der Waals surface area (Å²) in [6.45, 7) is 0. The molecule has 1 aliphatic rings. The van der Waals surface area contributed by atoms with Crippen molar-refractivity contribution in [2.24, 2.45) is 0 Å². The van der Waals surface area contributed by atoms with Crippen LogP contribution in [-0.2, 0) is 0 Å². The molecule has 0 radical (unpaired) electrons. The Morgan fingerprint density at radius 3 is 2.45 bits per heavy atom. The van der Waals surface area contributed by atoms with Crippen LogP contribution in [0.5, 0.6) is 5.88 Å². The van der Waals surface area contributed by atoms with Gasteiger partial charge in [0.2, 0.25) is 5.88 Å². The number of rotatable bonds is 7. The molecule has 33 heavy (non-hydrogen) atoms. The van der Waals surface area contributed by atoms with Gasteiger partial charge in [0, 0.05) is 36.0 Å². The van der Waals surface area contributed by atoms with Gasteiger partial charge in [0.1, 0.15) is 6.10 Å². The molecule has 1 saturated carbocycles. The maximum atomic E-state index is 12.5. The lowest BCUT2D eigenvalue weighted by atomic mass is 10.2. The summed E-state index contributed by atoms with van der Waals surface area (Å²) in [5.74, 6) is 1.58. The van der Waals surface area contributed by atoms with Crippen LogP contribution < -0.4 is 15.4 Å². The molecule has 9 nitrogen and oxygen atoms in total. The van der Waals surface area contributed by atoms with Crippen molar-refractivity contribution in [1.82, 2.24) is 25.0 Å². The first-order chi connectivity index (χ1) is 16.2. The summed E-state index contributed by atoms with van der Waals surface area (Å²) in [5.41, 5.74) is 1.98. The first kappa shape index (κ1) is 20.6. The van der Waals surface area contributed by atoms with Gasteiger partial charge in [-0.1, -0.05) is 0 Å². The van der Waals surface area contributed by atoms with Gasteiger partial charge < -0.3 is 15.4 Å². The second-order valence-corrected chi connectivity index (χ2v) is 7.79. The van der Waals surface area contributed by atoms with E-state index in [2.05, 4.69) is 30.9 Å². The zero-order valence-corrected chi connectivity index (χ0v) is 17.9. The van der Waals surface area contributed by atoms with E-state index in [1.807, 2.05) is 42.5 Å². The molecule has 3 aromatic heterocycles. The zero-order chi connectivity index (χ0) is 22.5. The van der Waals surface area contributed by atoms with E-state index in [1.165, 1.54) is 12.8 Å². The van der Waals surface area contributed by atoms with Gasteiger partial charge in [0.25, 0.3) is 5.91 Å². The lowest BCUT2D eigenvalue weighted by Gasteiger charge is -2.12. The van der Waals surface area contributed by atoms with Crippen molar-refractivity contribution in [1.29, 1.82) is 0 Å². The molecule has 0 aliphatic heterocycles. The molecule has 1 aromatic carbocycles. The van der Waals surface area contributed by atoms with Crippen LogP contribution in [0, 0.1) is 0 Å². The smallest absolute Gasteiger partial charge is 0.257 e. The summed E-state index contributed by atoms with van der Waals surface area (Å²) < 4.78 is 7.49. The van der Waals surface area contributed by atoms with Gasteiger partial charge in [-0.15, -0.1) is 10.2 Å². The first-order valence-corrected chi connectivity index (χ1v) is 10.9. The largest absolute Gasteiger partial charge is 0.474 e. The molecular weight excluding hydrogens is 418 g/mol. The molecule has 166 valence electrons. The summed E-state index contributed by atoms with van der Waals surface area (Å²) in [4.78, 5) is 16.8. The van der Waals surface area contributed by atoms with E-state index in [-0.39, 0.29) is 12.0 Å². The Balaban J connectivity index is 1.16. The maximum Gasteiger partial charge on any atom is 0.257 e. The van der Waals surface area contributed by atoms with Crippen molar-refractivity contribution in [2.45, 2.75) is 31.8 Å². The van der Waals surface area contributed by atoms with Crippen molar-refractivity contribution in [3.63, 3.8) is 0 Å². The number of hydrogen-bond donors (Lipinski definition) is 2. The summed E-state index contributed by atoms with van der Waals surface area (Å²) in [5, 5.41) is 18.5. The highest BCUT2D eigenvalue weighted by atomic mass is 16.5. The zero-order valence-electron chi connectivity index (χ0n) is 17.9. The molecule has 9 heteroatoms. The lowest BCUT2D eigenvalue weighted by Crippen LogP contribution is -2.14. The van der Waals surface area contributed by atoms with Gasteiger partial charge in [-0.05, 0) is 74.2 Å². The molecule has 1 amide bonds. The Bertz CT molecular complexity index is 1190. The lowest BCUT2D eigenvalue weighted by molar-refractivity contribution is 0.102. The average Bonchev–Trinajstić information content (AvgIpc) is 3.56. The molecule has 4 aromatic rings. The molecule has 3 heterocycles. The van der Waals surface area contributed by atoms with Crippen molar-refractivity contribution in [2.75, 3.05) is 10.6 Å². The van der Waals surface area contributed by atoms with Gasteiger partial charge >= 0.3 is 0 Å². The second-order valence-electron chi connectivity index (χ2n) is 7.79. The number of carbonyl (C=O) groups excluding carboxylic acids is 1. The summed E-state index contributed by atoms with van der Waals surface area (Å²) in [6.07, 6.45) is 9.81. The van der Waals surface area contributed by atoms with Gasteiger partial charge in [0.15, 0.2) is 11.6 Å². The monoisotopic (exact) mass is 441 g/mol. The Hall–Kier alpha value is -4.27. The van der Waals surface area contributed by atoms with E-state index in [4.69, 9.17) is 4.74 Å². The number of nitrogens with zero attached hydrogens (tertiary/aromatic N) is 5. The fourth-order valence-electron chi connectivity index (χ4n) is 3.67. The highest BCUT2D eigenvalue weighted by Gasteiger charge is 2.17. The number of anilines is 3. The normalized spacial score (nSPS) is 13.6. The third kappa shape index (κ3) is 5.15. The van der Waals surface area contributed by atoms with Gasteiger partial charge in [0.05, 0.1) is 5.56 Å². The molecule has 0 unspecified atom stereocenters. The number of carbonyl (C=O) groups is 1. The van der Waals surface area contributed by atoms with E-state index in [0.717, 1.165) is 18.5 Å². The van der Waals surface area contributed by atoms with E-state index in [0.29, 0.717) is 28.8 Å². The Labute approximate surface area is 190 Å². The maximum absolute atomic E-state index is 12.5. The van der Waals surface area contributed by atoms with Crippen LogP contribution in [0.25, 0.3) is 5.82 Å². The number of nitrogens with one attached hydrogen (secondary N) is 2. The number of benzene rings is 1. The minimum absolute atomic E-state index is 0.226. The molecule has 2 N–H and O–H groups in total. The molecule has 1 aliphatic carbocycles. The van der Waals surface area contributed by atoms with Crippen LogP contribution in [0.2, 0.25) is 0 Å². The first-order valence-electron chi connectivity index (χ1n) is 10.9. The van der Waals surface area contributed by atoms with Crippen molar-refractivity contribution >= 4 is 23.1 Å². The van der Waals surface area contributed by atoms with E-state index < -0.39 is 0 Å². The quantitative estimate of drug-likeness (QED) is 0.438. The second kappa shape index (κ2) is 9.47. The molecule has 0 spiro atoms. The molecular formula is C24H23N7O2. The van der Waals surface area contributed by atoms with Crippen LogP contribution in [0.1, 0.15) is 36.0 Å². The molecule has 0 saturated heterocycles. The highest BCUT2D eigenvalue weighted by molar-refractivity contribution is 6.04. The SMILES string of the molecule is O=C(Nc1ccc(Nc2ccc(-n3cccn3)nn2)cc1)c1ccc(OC2CCCC2)nc1. The van der Waals surface area contributed by atoms with Gasteiger partial charge in [-0.3, -0.25) is 4.79 Å². The highest BCUT2D eigenvalue weighted by Crippen LogP contribution is 2.23. The van der Waals surface area contributed by atoms with Crippen LogP contribution in [-0.4, -0.2) is 37.0 Å². The molecule has 0 atom stereocenters. The number of amides is 1. The summed E-state index contributed by atoms with van der Waals surface area (Å²) in [7, 11) is 0.